The fraction of sp³-hybridized carbons (Fsp3) is 0.407. The topological polar surface area (TPSA) is 157 Å². The van der Waals surface area contributed by atoms with Crippen LogP contribution in [0.1, 0.15) is 48.2 Å². The van der Waals surface area contributed by atoms with E-state index in [1.807, 2.05) is 26.1 Å². The van der Waals surface area contributed by atoms with E-state index in [9.17, 15) is 29.6 Å². The lowest BCUT2D eigenvalue weighted by atomic mass is 9.88. The molecular formula is C27H33N5O6. The van der Waals surface area contributed by atoms with E-state index in [4.69, 9.17) is 5.26 Å². The molecule has 11 heteroatoms. The zero-order valence-electron chi connectivity index (χ0n) is 22.0. The van der Waals surface area contributed by atoms with Gasteiger partial charge in [0.05, 0.1) is 17.6 Å². The predicted molar refractivity (Wildman–Crippen MR) is 139 cm³/mol. The van der Waals surface area contributed by atoms with Gasteiger partial charge in [-0.2, -0.15) is 5.26 Å². The highest BCUT2D eigenvalue weighted by atomic mass is 16.6. The molecule has 38 heavy (non-hydrogen) atoms. The van der Waals surface area contributed by atoms with Gasteiger partial charge in [0.25, 0.3) is 11.6 Å². The van der Waals surface area contributed by atoms with Crippen LogP contribution in [-0.2, 0) is 22.6 Å². The van der Waals surface area contributed by atoms with Crippen LogP contribution in [0.3, 0.4) is 0 Å². The van der Waals surface area contributed by atoms with Crippen molar-refractivity contribution in [2.75, 3.05) is 14.1 Å². The standard InChI is InChI=1S/C27H33N5O6/c1-18(2)12-21(27(36)31(4)30(3)17-28)15-25(34)23(14-19-8-6-5-7-9-19)29-26(35)22-13-20(16-33)10-11-24(22)32(37)38/h5-11,13,18,21,23,33H,12,14-16H2,1-4H3,(H,29,35). The van der Waals surface area contributed by atoms with E-state index < -0.39 is 46.8 Å². The van der Waals surface area contributed by atoms with Crippen molar-refractivity contribution in [3.63, 3.8) is 0 Å². The number of benzene rings is 2. The summed E-state index contributed by atoms with van der Waals surface area (Å²) in [6, 6.07) is 11.6. The van der Waals surface area contributed by atoms with Crippen LogP contribution in [-0.4, -0.2) is 57.8 Å². The fourth-order valence-corrected chi connectivity index (χ4v) is 4.06. The number of rotatable bonds is 13. The number of amides is 2. The Balaban J connectivity index is 2.40. The summed E-state index contributed by atoms with van der Waals surface area (Å²) in [5, 5.41) is 35.0. The van der Waals surface area contributed by atoms with Gasteiger partial charge >= 0.3 is 0 Å². The monoisotopic (exact) mass is 523 g/mol. The number of nitrogens with one attached hydrogen (secondary N) is 1. The van der Waals surface area contributed by atoms with E-state index in [0.717, 1.165) is 21.6 Å². The summed E-state index contributed by atoms with van der Waals surface area (Å²) in [6.07, 6.45) is 2.14. The van der Waals surface area contributed by atoms with Gasteiger partial charge in [-0.25, -0.2) is 10.0 Å². The van der Waals surface area contributed by atoms with E-state index in [1.165, 1.54) is 26.2 Å². The highest BCUT2D eigenvalue weighted by Gasteiger charge is 2.32. The van der Waals surface area contributed by atoms with Crippen LogP contribution in [0.2, 0.25) is 0 Å². The highest BCUT2D eigenvalue weighted by Crippen LogP contribution is 2.23. The predicted octanol–water partition coefficient (Wildman–Crippen LogP) is 2.84. The smallest absolute Gasteiger partial charge is 0.282 e. The van der Waals surface area contributed by atoms with Crippen molar-refractivity contribution < 1.29 is 24.4 Å². The third-order valence-electron chi connectivity index (χ3n) is 6.13. The number of nitrogens with zero attached hydrogens (tertiary/aromatic N) is 4. The van der Waals surface area contributed by atoms with Gasteiger partial charge in [-0.05, 0) is 42.0 Å². The van der Waals surface area contributed by atoms with Crippen LogP contribution in [0.4, 0.5) is 5.69 Å². The molecule has 2 aromatic rings. The first kappa shape index (κ1) is 29.9. The summed E-state index contributed by atoms with van der Waals surface area (Å²) in [5.41, 5.74) is 0.314. The molecule has 202 valence electrons. The Kier molecular flexibility index (Phi) is 10.9. The van der Waals surface area contributed by atoms with E-state index in [0.29, 0.717) is 12.0 Å². The molecule has 0 bridgehead atoms. The Morgan fingerprint density at radius 1 is 1.11 bits per heavy atom. The number of hydrogen-bond donors (Lipinski definition) is 2. The molecule has 0 spiro atoms. The first-order chi connectivity index (χ1) is 18.0. The van der Waals surface area contributed by atoms with Gasteiger partial charge in [0.1, 0.15) is 5.56 Å². The lowest BCUT2D eigenvalue weighted by Crippen LogP contribution is -2.46. The molecule has 0 fully saturated rings. The second-order valence-corrected chi connectivity index (χ2v) is 9.46. The van der Waals surface area contributed by atoms with Crippen molar-refractivity contribution >= 4 is 23.3 Å². The Morgan fingerprint density at radius 2 is 1.76 bits per heavy atom. The van der Waals surface area contributed by atoms with Crippen molar-refractivity contribution in [3.8, 4) is 6.19 Å². The molecule has 0 aliphatic heterocycles. The third-order valence-corrected chi connectivity index (χ3v) is 6.13. The number of aliphatic hydroxyl groups is 1. The van der Waals surface area contributed by atoms with Crippen molar-refractivity contribution in [2.45, 2.75) is 45.8 Å². The van der Waals surface area contributed by atoms with Crippen LogP contribution < -0.4 is 5.32 Å². The van der Waals surface area contributed by atoms with Crippen molar-refractivity contribution in [3.05, 3.63) is 75.3 Å². The number of hydrogen-bond acceptors (Lipinski definition) is 8. The Hall–Kier alpha value is -4.30. The molecule has 0 aromatic heterocycles. The van der Waals surface area contributed by atoms with Gasteiger partial charge < -0.3 is 10.4 Å². The average molecular weight is 524 g/mol. The Morgan fingerprint density at radius 3 is 2.32 bits per heavy atom. The number of carbonyl (C=O) groups excluding carboxylic acids is 3. The lowest BCUT2D eigenvalue weighted by Gasteiger charge is -2.29. The van der Waals surface area contributed by atoms with E-state index in [-0.39, 0.29) is 24.3 Å². The molecule has 2 aromatic carbocycles. The van der Waals surface area contributed by atoms with Gasteiger partial charge in [0.15, 0.2) is 12.0 Å². The highest BCUT2D eigenvalue weighted by molar-refractivity contribution is 6.01. The summed E-state index contributed by atoms with van der Waals surface area (Å²) in [6.45, 7) is 3.40. The number of carbonyl (C=O) groups is 3. The van der Waals surface area contributed by atoms with E-state index in [2.05, 4.69) is 5.32 Å². The number of nitro benzene ring substituents is 1. The molecule has 2 N–H and O–H groups in total. The van der Waals surface area contributed by atoms with Crippen LogP contribution in [0.25, 0.3) is 0 Å². The molecular weight excluding hydrogens is 490 g/mol. The zero-order valence-corrected chi connectivity index (χ0v) is 22.0. The third kappa shape index (κ3) is 8.11. The van der Waals surface area contributed by atoms with Crippen molar-refractivity contribution in [1.82, 2.24) is 15.3 Å². The molecule has 0 saturated carbocycles. The molecule has 0 saturated heterocycles. The zero-order chi connectivity index (χ0) is 28.4. The lowest BCUT2D eigenvalue weighted by molar-refractivity contribution is -0.385. The van der Waals surface area contributed by atoms with Gasteiger partial charge in [0, 0.05) is 32.5 Å². The number of hydrazine groups is 1. The molecule has 2 unspecified atom stereocenters. The summed E-state index contributed by atoms with van der Waals surface area (Å²) < 4.78 is 0. The first-order valence-electron chi connectivity index (χ1n) is 12.1. The normalized spacial score (nSPS) is 12.2. The SMILES string of the molecule is CC(C)CC(CC(=O)C(Cc1ccccc1)NC(=O)c1cc(CO)ccc1[N+](=O)[O-])C(=O)N(C)N(C)C#N. The number of nitro groups is 1. The maximum Gasteiger partial charge on any atom is 0.282 e. The van der Waals surface area contributed by atoms with Crippen LogP contribution >= 0.6 is 0 Å². The van der Waals surface area contributed by atoms with Crippen molar-refractivity contribution in [1.29, 1.82) is 5.26 Å². The molecule has 2 rings (SSSR count). The first-order valence-corrected chi connectivity index (χ1v) is 12.1. The summed E-state index contributed by atoms with van der Waals surface area (Å²) in [5.74, 6) is -2.34. The minimum absolute atomic E-state index is 0.0728. The number of ketones is 1. The summed E-state index contributed by atoms with van der Waals surface area (Å²) >= 11 is 0. The van der Waals surface area contributed by atoms with Gasteiger partial charge in [-0.15, -0.1) is 0 Å². The molecule has 0 heterocycles. The average Bonchev–Trinajstić information content (AvgIpc) is 2.90. The maximum absolute atomic E-state index is 13.6. The van der Waals surface area contributed by atoms with E-state index >= 15 is 0 Å². The quantitative estimate of drug-likeness (QED) is 0.176. The largest absolute Gasteiger partial charge is 0.392 e. The molecule has 0 aliphatic carbocycles. The van der Waals surface area contributed by atoms with Crippen molar-refractivity contribution in [2.24, 2.45) is 11.8 Å². The second kappa shape index (κ2) is 13.9. The molecule has 2 atom stereocenters. The fourth-order valence-electron chi connectivity index (χ4n) is 4.06. The van der Waals surface area contributed by atoms with Gasteiger partial charge in [-0.1, -0.05) is 44.2 Å². The molecule has 0 aliphatic rings. The summed E-state index contributed by atoms with van der Waals surface area (Å²) in [7, 11) is 2.87. The van der Waals surface area contributed by atoms with Crippen LogP contribution in [0.15, 0.2) is 48.5 Å². The number of aliphatic hydroxyl groups excluding tert-OH is 1. The summed E-state index contributed by atoms with van der Waals surface area (Å²) in [4.78, 5) is 50.7. The van der Waals surface area contributed by atoms with Crippen LogP contribution in [0.5, 0.6) is 0 Å². The Bertz CT molecular complexity index is 1190. The number of nitriles is 1. The maximum atomic E-state index is 13.6. The van der Waals surface area contributed by atoms with Gasteiger partial charge in [0.2, 0.25) is 5.91 Å². The minimum atomic E-state index is -1.08. The van der Waals surface area contributed by atoms with Crippen LogP contribution in [0, 0.1) is 33.4 Å². The second-order valence-electron chi connectivity index (χ2n) is 9.46. The molecule has 0 radical (unpaired) electrons. The minimum Gasteiger partial charge on any atom is -0.392 e. The Labute approximate surface area is 221 Å². The van der Waals surface area contributed by atoms with E-state index in [1.54, 1.807) is 24.3 Å². The molecule has 2 amide bonds. The van der Waals surface area contributed by atoms with Gasteiger partial charge in [-0.3, -0.25) is 24.5 Å². The molecule has 11 nitrogen and oxygen atoms in total. The number of Topliss-reactive ketones (excluding diaryl/α,β-unsaturated/α-hetero) is 1.